The SMILES string of the molecule is C/C=C/C(=O)N1C(=O)CC(C(C)C)N1Cc1ccccc1. The average molecular weight is 286 g/mol. The van der Waals surface area contributed by atoms with Crippen molar-refractivity contribution in [3.05, 3.63) is 48.0 Å². The summed E-state index contributed by atoms with van der Waals surface area (Å²) in [6.45, 7) is 6.51. The van der Waals surface area contributed by atoms with E-state index in [4.69, 9.17) is 0 Å². The topological polar surface area (TPSA) is 40.6 Å². The van der Waals surface area contributed by atoms with Gasteiger partial charge in [0.25, 0.3) is 5.91 Å². The van der Waals surface area contributed by atoms with E-state index in [1.807, 2.05) is 35.3 Å². The number of allylic oxidation sites excluding steroid dienone is 1. The summed E-state index contributed by atoms with van der Waals surface area (Å²) in [5, 5.41) is 3.21. The molecule has 1 saturated heterocycles. The summed E-state index contributed by atoms with van der Waals surface area (Å²) in [6, 6.07) is 9.98. The van der Waals surface area contributed by atoms with Crippen LogP contribution in [0.1, 0.15) is 32.8 Å². The van der Waals surface area contributed by atoms with Gasteiger partial charge < -0.3 is 0 Å². The van der Waals surface area contributed by atoms with Gasteiger partial charge in [0.1, 0.15) is 0 Å². The van der Waals surface area contributed by atoms with Crippen LogP contribution in [0.4, 0.5) is 0 Å². The Morgan fingerprint density at radius 1 is 1.33 bits per heavy atom. The molecule has 0 aromatic heterocycles. The molecule has 4 nitrogen and oxygen atoms in total. The van der Waals surface area contributed by atoms with E-state index in [9.17, 15) is 9.59 Å². The van der Waals surface area contributed by atoms with Crippen LogP contribution in [0.3, 0.4) is 0 Å². The maximum absolute atomic E-state index is 12.2. The van der Waals surface area contributed by atoms with Gasteiger partial charge in [0, 0.05) is 25.1 Å². The zero-order chi connectivity index (χ0) is 15.4. The number of hydrogen-bond acceptors (Lipinski definition) is 3. The number of nitrogens with zero attached hydrogens (tertiary/aromatic N) is 2. The summed E-state index contributed by atoms with van der Waals surface area (Å²) >= 11 is 0. The third-order valence-electron chi connectivity index (χ3n) is 3.73. The molecule has 0 aliphatic carbocycles. The van der Waals surface area contributed by atoms with Crippen molar-refractivity contribution in [2.75, 3.05) is 0 Å². The van der Waals surface area contributed by atoms with Crippen LogP contribution in [0, 0.1) is 5.92 Å². The highest BCUT2D eigenvalue weighted by molar-refractivity contribution is 6.01. The van der Waals surface area contributed by atoms with E-state index in [0.29, 0.717) is 18.9 Å². The second-order valence-corrected chi connectivity index (χ2v) is 5.64. The summed E-state index contributed by atoms with van der Waals surface area (Å²) in [7, 11) is 0. The Morgan fingerprint density at radius 3 is 2.57 bits per heavy atom. The molecule has 1 unspecified atom stereocenters. The van der Waals surface area contributed by atoms with Gasteiger partial charge in [-0.15, -0.1) is 0 Å². The summed E-state index contributed by atoms with van der Waals surface area (Å²) in [5.41, 5.74) is 1.09. The molecule has 0 bridgehead atoms. The molecule has 4 heteroatoms. The molecule has 0 spiro atoms. The highest BCUT2D eigenvalue weighted by Crippen LogP contribution is 2.28. The van der Waals surface area contributed by atoms with Crippen molar-refractivity contribution in [3.63, 3.8) is 0 Å². The smallest absolute Gasteiger partial charge is 0.267 e. The molecule has 112 valence electrons. The lowest BCUT2D eigenvalue weighted by Crippen LogP contribution is -2.46. The Kier molecular flexibility index (Phi) is 4.91. The van der Waals surface area contributed by atoms with Crippen LogP contribution in [-0.4, -0.2) is 27.9 Å². The van der Waals surface area contributed by atoms with Gasteiger partial charge in [0.05, 0.1) is 0 Å². The highest BCUT2D eigenvalue weighted by atomic mass is 16.2. The summed E-state index contributed by atoms with van der Waals surface area (Å²) in [4.78, 5) is 24.4. The fourth-order valence-electron chi connectivity index (χ4n) is 2.66. The first kappa shape index (κ1) is 15.4. The number of carbonyl (C=O) groups is 2. The molecule has 1 atom stereocenters. The Labute approximate surface area is 126 Å². The van der Waals surface area contributed by atoms with Crippen LogP contribution in [0.5, 0.6) is 0 Å². The van der Waals surface area contributed by atoms with Crippen molar-refractivity contribution in [2.45, 2.75) is 39.8 Å². The molecular formula is C17H22N2O2. The molecule has 2 amide bonds. The van der Waals surface area contributed by atoms with Crippen LogP contribution < -0.4 is 0 Å². The molecule has 21 heavy (non-hydrogen) atoms. The number of hydrogen-bond donors (Lipinski definition) is 0. The Morgan fingerprint density at radius 2 is 2.00 bits per heavy atom. The normalized spacial score (nSPS) is 19.9. The van der Waals surface area contributed by atoms with Gasteiger partial charge in [0.2, 0.25) is 5.91 Å². The third-order valence-corrected chi connectivity index (χ3v) is 3.73. The molecule has 2 rings (SSSR count). The van der Waals surface area contributed by atoms with Crippen molar-refractivity contribution in [1.82, 2.24) is 10.0 Å². The van der Waals surface area contributed by atoms with Crippen LogP contribution in [0.15, 0.2) is 42.5 Å². The van der Waals surface area contributed by atoms with Crippen LogP contribution >= 0.6 is 0 Å². The molecule has 0 radical (unpaired) electrons. The van der Waals surface area contributed by atoms with Crippen molar-refractivity contribution in [2.24, 2.45) is 5.92 Å². The van der Waals surface area contributed by atoms with Gasteiger partial charge in [-0.1, -0.05) is 50.3 Å². The molecule has 1 fully saturated rings. The van der Waals surface area contributed by atoms with Gasteiger partial charge in [-0.25, -0.2) is 10.0 Å². The quantitative estimate of drug-likeness (QED) is 0.799. The lowest BCUT2D eigenvalue weighted by molar-refractivity contribution is -0.155. The molecule has 1 aliphatic heterocycles. The molecule has 1 aliphatic rings. The standard InChI is InChI=1S/C17H22N2O2/c1-4-8-16(20)19-17(21)11-15(13(2)3)18(19)12-14-9-6-5-7-10-14/h4-10,13,15H,11-12H2,1-3H3/b8-4+. The van der Waals surface area contributed by atoms with Gasteiger partial charge >= 0.3 is 0 Å². The number of carbonyl (C=O) groups excluding carboxylic acids is 2. The van der Waals surface area contributed by atoms with Crippen LogP contribution in [-0.2, 0) is 16.1 Å². The highest BCUT2D eigenvalue weighted by Gasteiger charge is 2.41. The van der Waals surface area contributed by atoms with Crippen molar-refractivity contribution in [3.8, 4) is 0 Å². The van der Waals surface area contributed by atoms with E-state index in [1.165, 1.54) is 11.1 Å². The van der Waals surface area contributed by atoms with E-state index >= 15 is 0 Å². The van der Waals surface area contributed by atoms with Gasteiger partial charge in [-0.2, -0.15) is 0 Å². The van der Waals surface area contributed by atoms with E-state index in [-0.39, 0.29) is 17.9 Å². The van der Waals surface area contributed by atoms with Crippen molar-refractivity contribution < 1.29 is 9.59 Å². The number of rotatable bonds is 4. The van der Waals surface area contributed by atoms with Crippen LogP contribution in [0.25, 0.3) is 0 Å². The Balaban J connectivity index is 2.29. The minimum absolute atomic E-state index is 0.0620. The van der Waals surface area contributed by atoms with Gasteiger partial charge in [-0.05, 0) is 18.4 Å². The van der Waals surface area contributed by atoms with Gasteiger partial charge in [-0.3, -0.25) is 9.59 Å². The van der Waals surface area contributed by atoms with Crippen molar-refractivity contribution in [1.29, 1.82) is 0 Å². The van der Waals surface area contributed by atoms with Crippen LogP contribution in [0.2, 0.25) is 0 Å². The Hall–Kier alpha value is -1.94. The minimum Gasteiger partial charge on any atom is -0.273 e. The first-order valence-corrected chi connectivity index (χ1v) is 7.34. The molecule has 1 heterocycles. The van der Waals surface area contributed by atoms with E-state index in [2.05, 4.69) is 13.8 Å². The first-order chi connectivity index (χ1) is 10.0. The number of benzene rings is 1. The minimum atomic E-state index is -0.262. The zero-order valence-electron chi connectivity index (χ0n) is 12.8. The predicted molar refractivity (Wildman–Crippen MR) is 81.9 cm³/mol. The lowest BCUT2D eigenvalue weighted by atomic mass is 10.0. The first-order valence-electron chi connectivity index (χ1n) is 7.34. The van der Waals surface area contributed by atoms with E-state index in [0.717, 1.165) is 5.56 Å². The Bertz CT molecular complexity index is 537. The maximum atomic E-state index is 12.2. The number of hydrazine groups is 1. The molecule has 0 saturated carbocycles. The fourth-order valence-corrected chi connectivity index (χ4v) is 2.66. The second-order valence-electron chi connectivity index (χ2n) is 5.64. The molecule has 0 N–H and O–H groups in total. The maximum Gasteiger partial charge on any atom is 0.267 e. The lowest BCUT2D eigenvalue weighted by Gasteiger charge is -2.31. The van der Waals surface area contributed by atoms with E-state index < -0.39 is 0 Å². The fraction of sp³-hybridized carbons (Fsp3) is 0.412. The summed E-state index contributed by atoms with van der Waals surface area (Å²) < 4.78 is 0. The monoisotopic (exact) mass is 286 g/mol. The predicted octanol–water partition coefficient (Wildman–Crippen LogP) is 2.76. The largest absolute Gasteiger partial charge is 0.273 e. The molecular weight excluding hydrogens is 264 g/mol. The second kappa shape index (κ2) is 6.68. The third kappa shape index (κ3) is 3.39. The summed E-state index contributed by atoms with van der Waals surface area (Å²) in [6.07, 6.45) is 3.51. The molecule has 1 aromatic carbocycles. The number of amides is 2. The average Bonchev–Trinajstić information content (AvgIpc) is 2.77. The summed E-state index contributed by atoms with van der Waals surface area (Å²) in [5.74, 6) is -0.0737. The number of imide groups is 1. The van der Waals surface area contributed by atoms with Crippen molar-refractivity contribution >= 4 is 11.8 Å². The molecule has 1 aromatic rings. The zero-order valence-corrected chi connectivity index (χ0v) is 12.8. The van der Waals surface area contributed by atoms with Gasteiger partial charge in [0.15, 0.2) is 0 Å². The van der Waals surface area contributed by atoms with E-state index in [1.54, 1.807) is 13.0 Å².